The first-order chi connectivity index (χ1) is 15.9. The van der Waals surface area contributed by atoms with Crippen LogP contribution in [0.4, 0.5) is 17.1 Å². The zero-order valence-corrected chi connectivity index (χ0v) is 17.5. The van der Waals surface area contributed by atoms with Crippen LogP contribution in [0.3, 0.4) is 0 Å². The summed E-state index contributed by atoms with van der Waals surface area (Å²) in [6, 6.07) is 44.2. The molecular formula is C30H21NO. The Labute approximate surface area is 187 Å². The van der Waals surface area contributed by atoms with Crippen molar-refractivity contribution >= 4 is 38.8 Å². The van der Waals surface area contributed by atoms with Crippen LogP contribution < -0.4 is 4.90 Å². The second kappa shape index (κ2) is 7.75. The molecule has 2 nitrogen and oxygen atoms in total. The topological polar surface area (TPSA) is 16.4 Å². The number of rotatable bonds is 4. The second-order valence-electron chi connectivity index (χ2n) is 7.83. The highest BCUT2D eigenvalue weighted by atomic mass is 16.3. The minimum atomic E-state index is 0.864. The number of fused-ring (bicyclic) bond motifs is 2. The molecule has 32 heavy (non-hydrogen) atoms. The fourth-order valence-electron chi connectivity index (χ4n) is 4.38. The second-order valence-corrected chi connectivity index (χ2v) is 7.83. The molecule has 152 valence electrons. The highest BCUT2D eigenvalue weighted by Crippen LogP contribution is 2.43. The van der Waals surface area contributed by atoms with Gasteiger partial charge in [-0.2, -0.15) is 0 Å². The Morgan fingerprint density at radius 1 is 0.500 bits per heavy atom. The van der Waals surface area contributed by atoms with E-state index in [1.54, 1.807) is 0 Å². The normalized spacial score (nSPS) is 11.1. The summed E-state index contributed by atoms with van der Waals surface area (Å²) in [4.78, 5) is 2.32. The maximum Gasteiger partial charge on any atom is 0.137 e. The predicted molar refractivity (Wildman–Crippen MR) is 134 cm³/mol. The van der Waals surface area contributed by atoms with Crippen molar-refractivity contribution in [2.75, 3.05) is 4.90 Å². The molecule has 0 atom stereocenters. The van der Waals surface area contributed by atoms with Crippen molar-refractivity contribution < 1.29 is 4.42 Å². The van der Waals surface area contributed by atoms with Crippen LogP contribution in [0.5, 0.6) is 0 Å². The monoisotopic (exact) mass is 411 g/mol. The molecule has 2 heteroatoms. The Morgan fingerprint density at radius 2 is 1.16 bits per heavy atom. The van der Waals surface area contributed by atoms with Crippen LogP contribution in [0.2, 0.25) is 0 Å². The van der Waals surface area contributed by atoms with Crippen LogP contribution in [0.25, 0.3) is 33.1 Å². The lowest BCUT2D eigenvalue weighted by Crippen LogP contribution is -2.11. The van der Waals surface area contributed by atoms with Crippen molar-refractivity contribution in [3.8, 4) is 11.3 Å². The van der Waals surface area contributed by atoms with E-state index in [9.17, 15) is 0 Å². The van der Waals surface area contributed by atoms with Gasteiger partial charge in [0.05, 0.1) is 11.4 Å². The number of anilines is 3. The smallest absolute Gasteiger partial charge is 0.137 e. The van der Waals surface area contributed by atoms with Gasteiger partial charge in [-0.25, -0.2) is 0 Å². The molecule has 0 spiro atoms. The summed E-state index contributed by atoms with van der Waals surface area (Å²) < 4.78 is 6.28. The summed E-state index contributed by atoms with van der Waals surface area (Å²) in [6.07, 6.45) is 0. The van der Waals surface area contributed by atoms with E-state index in [2.05, 4.69) is 114 Å². The fraction of sp³-hybridized carbons (Fsp3) is 0. The number of hydrogen-bond donors (Lipinski definition) is 0. The number of hydrogen-bond acceptors (Lipinski definition) is 2. The summed E-state index contributed by atoms with van der Waals surface area (Å²) in [5.41, 5.74) is 5.27. The van der Waals surface area contributed by atoms with Crippen LogP contribution in [0, 0.1) is 0 Å². The van der Waals surface area contributed by atoms with E-state index in [1.807, 2.05) is 18.2 Å². The van der Waals surface area contributed by atoms with Crippen molar-refractivity contribution in [3.63, 3.8) is 0 Å². The predicted octanol–water partition coefficient (Wildman–Crippen LogP) is 8.72. The molecule has 5 aromatic carbocycles. The molecular weight excluding hydrogens is 390 g/mol. The fourth-order valence-corrected chi connectivity index (χ4v) is 4.38. The van der Waals surface area contributed by atoms with Gasteiger partial charge in [0.1, 0.15) is 11.3 Å². The summed E-state index contributed by atoms with van der Waals surface area (Å²) in [5.74, 6) is 0.864. The average molecular weight is 412 g/mol. The third-order valence-electron chi connectivity index (χ3n) is 5.86. The molecule has 1 heterocycles. The van der Waals surface area contributed by atoms with Gasteiger partial charge in [-0.15, -0.1) is 0 Å². The van der Waals surface area contributed by atoms with E-state index in [0.717, 1.165) is 39.4 Å². The molecule has 6 aromatic rings. The molecule has 6 rings (SSSR count). The number of furan rings is 1. The van der Waals surface area contributed by atoms with Gasteiger partial charge in [-0.1, -0.05) is 84.9 Å². The van der Waals surface area contributed by atoms with Gasteiger partial charge in [-0.3, -0.25) is 0 Å². The first kappa shape index (κ1) is 18.5. The molecule has 0 saturated heterocycles. The van der Waals surface area contributed by atoms with Crippen LogP contribution in [0.15, 0.2) is 132 Å². The van der Waals surface area contributed by atoms with E-state index in [0.29, 0.717) is 0 Å². The Morgan fingerprint density at radius 3 is 2.03 bits per heavy atom. The molecule has 0 amide bonds. The van der Waals surface area contributed by atoms with E-state index >= 15 is 0 Å². The summed E-state index contributed by atoms with van der Waals surface area (Å²) in [7, 11) is 0. The maximum absolute atomic E-state index is 6.28. The van der Waals surface area contributed by atoms with E-state index in [1.165, 1.54) is 10.8 Å². The molecule has 0 aliphatic carbocycles. The molecule has 0 fully saturated rings. The van der Waals surface area contributed by atoms with Crippen molar-refractivity contribution in [2.45, 2.75) is 0 Å². The van der Waals surface area contributed by atoms with Crippen molar-refractivity contribution in [1.29, 1.82) is 0 Å². The Kier molecular flexibility index (Phi) is 4.47. The minimum absolute atomic E-state index is 0.864. The highest BCUT2D eigenvalue weighted by molar-refractivity contribution is 6.01. The zero-order valence-electron chi connectivity index (χ0n) is 17.5. The lowest BCUT2D eigenvalue weighted by atomic mass is 10.0. The van der Waals surface area contributed by atoms with E-state index < -0.39 is 0 Å². The Balaban J connectivity index is 1.63. The van der Waals surface area contributed by atoms with Gasteiger partial charge in [0.15, 0.2) is 0 Å². The SMILES string of the molecule is c1ccc(N(c2ccccc2-c2cc3ccccc3o2)c2cccc3ccccc23)cc1. The summed E-state index contributed by atoms with van der Waals surface area (Å²) in [6.45, 7) is 0. The van der Waals surface area contributed by atoms with Gasteiger partial charge in [-0.05, 0) is 47.9 Å². The Hall–Kier alpha value is -4.30. The molecule has 0 aliphatic heterocycles. The molecule has 0 bridgehead atoms. The van der Waals surface area contributed by atoms with E-state index in [-0.39, 0.29) is 0 Å². The Bertz CT molecular complexity index is 1490. The molecule has 0 saturated carbocycles. The molecule has 0 radical (unpaired) electrons. The van der Waals surface area contributed by atoms with Gasteiger partial charge in [0.25, 0.3) is 0 Å². The van der Waals surface area contributed by atoms with Crippen LogP contribution in [-0.2, 0) is 0 Å². The third kappa shape index (κ3) is 3.14. The summed E-state index contributed by atoms with van der Waals surface area (Å²) in [5, 5.41) is 3.53. The van der Waals surface area contributed by atoms with Crippen molar-refractivity contribution in [1.82, 2.24) is 0 Å². The quantitative estimate of drug-likeness (QED) is 0.288. The first-order valence-electron chi connectivity index (χ1n) is 10.8. The first-order valence-corrected chi connectivity index (χ1v) is 10.8. The van der Waals surface area contributed by atoms with E-state index in [4.69, 9.17) is 4.42 Å². The molecule has 0 aliphatic rings. The highest BCUT2D eigenvalue weighted by Gasteiger charge is 2.20. The third-order valence-corrected chi connectivity index (χ3v) is 5.86. The zero-order chi connectivity index (χ0) is 21.3. The average Bonchev–Trinajstić information content (AvgIpc) is 3.30. The number of para-hydroxylation sites is 3. The lowest BCUT2D eigenvalue weighted by molar-refractivity contribution is 0.631. The van der Waals surface area contributed by atoms with Gasteiger partial charge in [0, 0.05) is 22.0 Å². The number of nitrogens with zero attached hydrogens (tertiary/aromatic N) is 1. The molecule has 0 N–H and O–H groups in total. The lowest BCUT2D eigenvalue weighted by Gasteiger charge is -2.28. The maximum atomic E-state index is 6.28. The van der Waals surface area contributed by atoms with Crippen LogP contribution >= 0.6 is 0 Å². The van der Waals surface area contributed by atoms with Crippen LogP contribution in [0.1, 0.15) is 0 Å². The molecule has 0 unspecified atom stereocenters. The summed E-state index contributed by atoms with van der Waals surface area (Å²) >= 11 is 0. The van der Waals surface area contributed by atoms with Crippen LogP contribution in [-0.4, -0.2) is 0 Å². The number of benzene rings is 5. The molecule has 1 aromatic heterocycles. The standard InChI is InChI=1S/C30H21NO/c1-2-14-24(15-3-1)31(27-19-10-13-22-11-4-6-16-25(22)27)28-18-8-7-17-26(28)30-21-23-12-5-9-20-29(23)32-30/h1-21H. The largest absolute Gasteiger partial charge is 0.456 e. The van der Waals surface area contributed by atoms with Crippen molar-refractivity contribution in [3.05, 3.63) is 127 Å². The van der Waals surface area contributed by atoms with Gasteiger partial charge < -0.3 is 9.32 Å². The minimum Gasteiger partial charge on any atom is -0.456 e. The van der Waals surface area contributed by atoms with Gasteiger partial charge >= 0.3 is 0 Å². The van der Waals surface area contributed by atoms with Crippen molar-refractivity contribution in [2.24, 2.45) is 0 Å². The van der Waals surface area contributed by atoms with Gasteiger partial charge in [0.2, 0.25) is 0 Å².